The summed E-state index contributed by atoms with van der Waals surface area (Å²) < 4.78 is 24.2. The highest BCUT2D eigenvalue weighted by Gasteiger charge is 2.25. The van der Waals surface area contributed by atoms with Crippen molar-refractivity contribution < 1.29 is 23.5 Å². The lowest BCUT2D eigenvalue weighted by molar-refractivity contribution is -0.106. The molecule has 2 heterocycles. The number of morpholine rings is 1. The van der Waals surface area contributed by atoms with Crippen LogP contribution in [-0.4, -0.2) is 65.9 Å². The van der Waals surface area contributed by atoms with Crippen molar-refractivity contribution >= 4 is 23.8 Å². The third-order valence-electron chi connectivity index (χ3n) is 3.36. The number of aldehydes is 1. The molecule has 25 heavy (non-hydrogen) atoms. The van der Waals surface area contributed by atoms with Crippen molar-refractivity contribution in [1.82, 2.24) is 5.32 Å². The van der Waals surface area contributed by atoms with E-state index in [0.717, 1.165) is 6.29 Å². The molecule has 1 aromatic carbocycles. The fourth-order valence-electron chi connectivity index (χ4n) is 2.35. The summed E-state index contributed by atoms with van der Waals surface area (Å²) in [6.07, 6.45) is 0.332. The van der Waals surface area contributed by atoms with Crippen molar-refractivity contribution in [3.05, 3.63) is 24.0 Å². The number of carbonyl (C=O) groups excluding carboxylic acids is 2. The average molecular weight is 355 g/mol. The van der Waals surface area contributed by atoms with E-state index in [9.17, 15) is 9.18 Å². The first kappa shape index (κ1) is 20.9. The molecule has 3 rings (SSSR count). The van der Waals surface area contributed by atoms with Crippen LogP contribution in [0.1, 0.15) is 6.92 Å². The number of nitrogens with zero attached hydrogens (tertiary/aromatic N) is 2. The normalized spacial score (nSPS) is 16.2. The van der Waals surface area contributed by atoms with Crippen LogP contribution in [0.4, 0.5) is 20.6 Å². The highest BCUT2D eigenvalue weighted by atomic mass is 19.1. The lowest BCUT2D eigenvalue weighted by Gasteiger charge is -2.29. The average Bonchev–Trinajstić information content (AvgIpc) is 3.03. The van der Waals surface area contributed by atoms with Crippen molar-refractivity contribution in [3.63, 3.8) is 0 Å². The molecule has 0 radical (unpaired) electrons. The zero-order valence-corrected chi connectivity index (χ0v) is 15.0. The minimum atomic E-state index is -0.418. The molecular formula is C17H26FN3O4. The second kappa shape index (κ2) is 11.4. The first-order valence-electron chi connectivity index (χ1n) is 8.13. The Bertz CT molecular complexity index is 551. The van der Waals surface area contributed by atoms with Gasteiger partial charge in [-0.1, -0.05) is 0 Å². The number of halogens is 1. The number of hydrogen-bond acceptors (Lipinski definition) is 6. The number of rotatable bonds is 2. The van der Waals surface area contributed by atoms with Crippen LogP contribution in [0, 0.1) is 5.82 Å². The van der Waals surface area contributed by atoms with Gasteiger partial charge in [-0.3, -0.25) is 4.90 Å². The predicted molar refractivity (Wildman–Crippen MR) is 94.8 cm³/mol. The van der Waals surface area contributed by atoms with Crippen LogP contribution < -0.4 is 15.1 Å². The Morgan fingerprint density at radius 2 is 1.76 bits per heavy atom. The van der Waals surface area contributed by atoms with Crippen LogP contribution in [0.15, 0.2) is 18.2 Å². The van der Waals surface area contributed by atoms with E-state index in [0.29, 0.717) is 50.8 Å². The Hall–Kier alpha value is -2.19. The SMILES string of the molecule is CC=O.CNC.O=C1OCCN1c1ccc(N2CCOCC2)c(F)c1. The summed E-state index contributed by atoms with van der Waals surface area (Å²) in [5.74, 6) is -0.320. The minimum Gasteiger partial charge on any atom is -0.447 e. The minimum absolute atomic E-state index is 0.320. The van der Waals surface area contributed by atoms with Gasteiger partial charge in [-0.15, -0.1) is 0 Å². The predicted octanol–water partition coefficient (Wildman–Crippen LogP) is 1.66. The quantitative estimate of drug-likeness (QED) is 0.814. The summed E-state index contributed by atoms with van der Waals surface area (Å²) in [6.45, 7) is 4.85. The molecule has 2 aliphatic rings. The fourth-order valence-corrected chi connectivity index (χ4v) is 2.35. The Balaban J connectivity index is 0.000000460. The van der Waals surface area contributed by atoms with Crippen molar-refractivity contribution in [2.24, 2.45) is 0 Å². The van der Waals surface area contributed by atoms with Gasteiger partial charge in [0.2, 0.25) is 0 Å². The van der Waals surface area contributed by atoms with E-state index >= 15 is 0 Å². The van der Waals surface area contributed by atoms with E-state index in [4.69, 9.17) is 14.3 Å². The number of hydrogen-bond donors (Lipinski definition) is 1. The summed E-state index contributed by atoms with van der Waals surface area (Å²) in [5.41, 5.74) is 1.09. The van der Waals surface area contributed by atoms with Crippen LogP contribution in [-0.2, 0) is 14.3 Å². The van der Waals surface area contributed by atoms with E-state index in [1.54, 1.807) is 12.1 Å². The van der Waals surface area contributed by atoms with Crippen LogP contribution in [0.5, 0.6) is 0 Å². The number of carbonyl (C=O) groups is 2. The molecule has 0 spiro atoms. The molecule has 0 aromatic heterocycles. The number of cyclic esters (lactones) is 1. The fraction of sp³-hybridized carbons (Fsp3) is 0.529. The molecule has 1 N–H and O–H groups in total. The summed E-state index contributed by atoms with van der Waals surface area (Å²) in [7, 11) is 3.75. The molecule has 140 valence electrons. The van der Waals surface area contributed by atoms with Gasteiger partial charge in [0.05, 0.1) is 31.1 Å². The smallest absolute Gasteiger partial charge is 0.414 e. The lowest BCUT2D eigenvalue weighted by Crippen LogP contribution is -2.36. The summed E-state index contributed by atoms with van der Waals surface area (Å²) in [6, 6.07) is 4.85. The topological polar surface area (TPSA) is 71.1 Å². The molecular weight excluding hydrogens is 329 g/mol. The van der Waals surface area contributed by atoms with Crippen molar-refractivity contribution in [2.75, 3.05) is 63.4 Å². The van der Waals surface area contributed by atoms with Crippen LogP contribution in [0.2, 0.25) is 0 Å². The van der Waals surface area contributed by atoms with Crippen LogP contribution in [0.3, 0.4) is 0 Å². The maximum atomic E-state index is 14.2. The van der Waals surface area contributed by atoms with Gasteiger partial charge in [0.1, 0.15) is 18.7 Å². The number of ether oxygens (including phenoxy) is 2. The van der Waals surface area contributed by atoms with Gasteiger partial charge in [-0.25, -0.2) is 9.18 Å². The molecule has 8 heteroatoms. The molecule has 0 saturated carbocycles. The van der Waals surface area contributed by atoms with Crippen molar-refractivity contribution in [3.8, 4) is 0 Å². The zero-order chi connectivity index (χ0) is 18.7. The van der Waals surface area contributed by atoms with Crippen molar-refractivity contribution in [2.45, 2.75) is 6.92 Å². The Kier molecular flexibility index (Phi) is 9.49. The highest BCUT2D eigenvalue weighted by molar-refractivity contribution is 5.89. The monoisotopic (exact) mass is 355 g/mol. The Morgan fingerprint density at radius 3 is 2.24 bits per heavy atom. The van der Waals surface area contributed by atoms with E-state index in [1.165, 1.54) is 17.9 Å². The molecule has 2 aliphatic heterocycles. The van der Waals surface area contributed by atoms with Gasteiger partial charge < -0.3 is 24.5 Å². The van der Waals surface area contributed by atoms with E-state index < -0.39 is 6.09 Å². The van der Waals surface area contributed by atoms with Gasteiger partial charge in [-0.05, 0) is 39.2 Å². The lowest BCUT2D eigenvalue weighted by atomic mass is 10.2. The third-order valence-corrected chi connectivity index (χ3v) is 3.36. The molecule has 1 amide bonds. The standard InChI is InChI=1S/C13H15FN2O3.C2H7N.C2H4O/c14-11-9-10(16-5-8-19-13(16)17)1-2-12(11)15-3-6-18-7-4-15;1-3-2;1-2-3/h1-2,9H,3-8H2;3H,1-2H3;2H,1H3. The van der Waals surface area contributed by atoms with Gasteiger partial charge in [0.15, 0.2) is 0 Å². The maximum absolute atomic E-state index is 14.2. The first-order chi connectivity index (χ1) is 12.1. The second-order valence-corrected chi connectivity index (χ2v) is 5.24. The number of nitrogens with one attached hydrogen (secondary N) is 1. The molecule has 1 aromatic rings. The Morgan fingerprint density at radius 1 is 1.16 bits per heavy atom. The molecule has 7 nitrogen and oxygen atoms in total. The van der Waals surface area contributed by atoms with Gasteiger partial charge >= 0.3 is 6.09 Å². The second-order valence-electron chi connectivity index (χ2n) is 5.24. The summed E-state index contributed by atoms with van der Waals surface area (Å²) >= 11 is 0. The summed E-state index contributed by atoms with van der Waals surface area (Å²) in [5, 5.41) is 2.75. The van der Waals surface area contributed by atoms with Crippen LogP contribution >= 0.6 is 0 Å². The zero-order valence-electron chi connectivity index (χ0n) is 15.0. The van der Waals surface area contributed by atoms with Crippen molar-refractivity contribution in [1.29, 1.82) is 0 Å². The molecule has 0 aliphatic carbocycles. The van der Waals surface area contributed by atoms with Gasteiger partial charge in [0.25, 0.3) is 0 Å². The van der Waals surface area contributed by atoms with E-state index in [1.807, 2.05) is 19.0 Å². The summed E-state index contributed by atoms with van der Waals surface area (Å²) in [4.78, 5) is 23.6. The van der Waals surface area contributed by atoms with Gasteiger partial charge in [0, 0.05) is 13.1 Å². The maximum Gasteiger partial charge on any atom is 0.414 e. The highest BCUT2D eigenvalue weighted by Crippen LogP contribution is 2.27. The molecule has 0 unspecified atom stereocenters. The third kappa shape index (κ3) is 6.32. The molecule has 2 saturated heterocycles. The largest absolute Gasteiger partial charge is 0.447 e. The first-order valence-corrected chi connectivity index (χ1v) is 8.13. The number of amides is 1. The molecule has 0 bridgehead atoms. The molecule has 0 atom stereocenters. The van der Waals surface area contributed by atoms with Crippen LogP contribution in [0.25, 0.3) is 0 Å². The van der Waals surface area contributed by atoms with E-state index in [-0.39, 0.29) is 5.82 Å². The number of anilines is 2. The number of benzene rings is 1. The van der Waals surface area contributed by atoms with E-state index in [2.05, 4.69) is 5.32 Å². The Labute approximate surface area is 147 Å². The van der Waals surface area contributed by atoms with Gasteiger partial charge in [-0.2, -0.15) is 0 Å². The molecule has 2 fully saturated rings.